The lowest BCUT2D eigenvalue weighted by molar-refractivity contribution is -0.142. The van der Waals surface area contributed by atoms with E-state index in [0.29, 0.717) is 13.1 Å². The maximum atomic E-state index is 14.7. The number of nitrogens with zero attached hydrogens (tertiary/aromatic N) is 2. The molecule has 4 aliphatic rings. The number of likely N-dealkylation sites (tertiary alicyclic amines) is 1. The Morgan fingerprint density at radius 2 is 1.64 bits per heavy atom. The first-order valence-electron chi connectivity index (χ1n) is 18.9. The van der Waals surface area contributed by atoms with E-state index in [1.807, 2.05) is 37.6 Å². The fourth-order valence-corrected chi connectivity index (χ4v) is 9.60. The molecule has 2 aliphatic carbocycles. The van der Waals surface area contributed by atoms with Crippen molar-refractivity contribution < 1.29 is 36.7 Å². The van der Waals surface area contributed by atoms with Crippen molar-refractivity contribution in [3.05, 3.63) is 90.3 Å². The van der Waals surface area contributed by atoms with Crippen LogP contribution in [-0.4, -0.2) is 78.3 Å². The Kier molecular flexibility index (Phi) is 10.3. The van der Waals surface area contributed by atoms with Crippen molar-refractivity contribution in [1.82, 2.24) is 25.2 Å². The maximum absolute atomic E-state index is 14.7. The third-order valence-corrected chi connectivity index (χ3v) is 12.9. The zero-order valence-electron chi connectivity index (χ0n) is 31.3. The van der Waals surface area contributed by atoms with Crippen molar-refractivity contribution >= 4 is 44.6 Å². The molecule has 1 saturated heterocycles. The number of nitrogens with one attached hydrogen (secondary N) is 3. The second kappa shape index (κ2) is 14.7. The minimum atomic E-state index is -4.64. The van der Waals surface area contributed by atoms with E-state index in [2.05, 4.69) is 46.4 Å². The number of rotatable bonds is 10. The predicted molar refractivity (Wildman–Crippen MR) is 203 cm³/mol. The van der Waals surface area contributed by atoms with Gasteiger partial charge in [-0.3, -0.25) is 19.3 Å². The molecule has 3 aromatic rings. The van der Waals surface area contributed by atoms with E-state index in [1.165, 1.54) is 28.5 Å². The topological polar surface area (TPSA) is 154 Å². The Morgan fingerprint density at radius 1 is 0.982 bits per heavy atom. The summed E-state index contributed by atoms with van der Waals surface area (Å²) in [6, 6.07) is 14.6. The molecular formula is C41H48FN5O7S. The number of ether oxygens (including phenoxy) is 1. The third-order valence-electron chi connectivity index (χ3n) is 11.6. The van der Waals surface area contributed by atoms with Gasteiger partial charge in [-0.05, 0) is 78.0 Å². The van der Waals surface area contributed by atoms with Gasteiger partial charge < -0.3 is 20.3 Å². The molecule has 5 atom stereocenters. The molecule has 12 nitrogen and oxygen atoms in total. The Balaban J connectivity index is 1.17. The van der Waals surface area contributed by atoms with Crippen LogP contribution in [-0.2, 0) is 42.2 Å². The summed E-state index contributed by atoms with van der Waals surface area (Å²) in [5.74, 6) is -3.82. The van der Waals surface area contributed by atoms with E-state index in [-0.39, 0.29) is 31.5 Å². The molecule has 2 heterocycles. The van der Waals surface area contributed by atoms with Crippen molar-refractivity contribution in [3.63, 3.8) is 0 Å². The highest BCUT2D eigenvalue weighted by molar-refractivity contribution is 7.90. The highest BCUT2D eigenvalue weighted by Crippen LogP contribution is 2.45. The Bertz CT molecular complexity index is 2110. The first-order valence-corrected chi connectivity index (χ1v) is 20.4. The van der Waals surface area contributed by atoms with Gasteiger partial charge in [-0.25, -0.2) is 22.3 Å². The second-order valence-corrected chi connectivity index (χ2v) is 18.0. The molecule has 55 heavy (non-hydrogen) atoms. The fraction of sp³-hybridized carbons (Fsp3) is 0.463. The van der Waals surface area contributed by atoms with Gasteiger partial charge in [0, 0.05) is 31.6 Å². The van der Waals surface area contributed by atoms with Crippen molar-refractivity contribution in [2.75, 3.05) is 6.54 Å². The van der Waals surface area contributed by atoms with Gasteiger partial charge >= 0.3 is 6.09 Å². The smallest absolute Gasteiger partial charge is 0.408 e. The van der Waals surface area contributed by atoms with Crippen LogP contribution < -0.4 is 15.4 Å². The molecule has 3 fully saturated rings. The van der Waals surface area contributed by atoms with Gasteiger partial charge in [-0.2, -0.15) is 0 Å². The summed E-state index contributed by atoms with van der Waals surface area (Å²) in [6.07, 6.45) is 4.23. The predicted octanol–water partition coefficient (Wildman–Crippen LogP) is 4.91. The van der Waals surface area contributed by atoms with Crippen LogP contribution in [0.25, 0.3) is 10.8 Å². The quantitative estimate of drug-likeness (QED) is 0.246. The van der Waals surface area contributed by atoms with Crippen LogP contribution >= 0.6 is 0 Å². The van der Waals surface area contributed by atoms with Crippen LogP contribution in [0.2, 0.25) is 0 Å². The number of hydrogen-bond donors (Lipinski definition) is 3. The van der Waals surface area contributed by atoms with Gasteiger partial charge in [0.15, 0.2) is 0 Å². The first-order chi connectivity index (χ1) is 26.1. The summed E-state index contributed by atoms with van der Waals surface area (Å²) in [4.78, 5) is 59.2. The third kappa shape index (κ3) is 7.58. The molecule has 14 heteroatoms. The van der Waals surface area contributed by atoms with Crippen molar-refractivity contribution in [1.29, 1.82) is 0 Å². The second-order valence-electron chi connectivity index (χ2n) is 16.4. The Labute approximate surface area is 320 Å². The van der Waals surface area contributed by atoms with Crippen LogP contribution in [0.15, 0.2) is 78.2 Å². The van der Waals surface area contributed by atoms with Gasteiger partial charge in [0.2, 0.25) is 11.8 Å². The molecule has 0 bridgehead atoms. The summed E-state index contributed by atoms with van der Waals surface area (Å²) in [5.41, 5.74) is -0.215. The lowest BCUT2D eigenvalue weighted by Crippen LogP contribution is -2.60. The average Bonchev–Trinajstić information content (AvgIpc) is 3.41. The molecular weight excluding hydrogens is 726 g/mol. The number of sulfonamides is 1. The summed E-state index contributed by atoms with van der Waals surface area (Å²) in [5, 5.41) is 7.95. The van der Waals surface area contributed by atoms with Crippen molar-refractivity contribution in [2.45, 2.75) is 107 Å². The highest BCUT2D eigenvalue weighted by atomic mass is 32.2. The van der Waals surface area contributed by atoms with Crippen LogP contribution in [0.4, 0.5) is 9.18 Å². The van der Waals surface area contributed by atoms with Crippen LogP contribution in [0.5, 0.6) is 0 Å². The van der Waals surface area contributed by atoms with E-state index in [1.54, 1.807) is 0 Å². The van der Waals surface area contributed by atoms with Gasteiger partial charge in [-0.15, -0.1) is 6.58 Å². The summed E-state index contributed by atoms with van der Waals surface area (Å²) in [6.45, 7) is 10.6. The zero-order valence-corrected chi connectivity index (χ0v) is 32.2. The maximum Gasteiger partial charge on any atom is 0.408 e. The largest absolute Gasteiger partial charge is 0.446 e. The molecule has 3 aromatic carbocycles. The lowest BCUT2D eigenvalue weighted by atomic mass is 9.85. The standard InChI is InChI=1S/C41H48FN5O7S/c1-5-28-21-41(28,38(50)45-55(52,53)33-19-9-8-18-31(33)42)44-36(48)32-20-29(46-22-26-14-10-12-25-13-11-15-27(23-46)34(25)26)24-47(32)37(49)35(40(2,3)4)43-39(51)54-30-16-6-7-17-30/h5,8-15,18-19,28-30,32,35H,1,6-7,16-17,20-24H2,2-4H3,(H,43,51)(H,44,48)(H,45,50)/t28-,29-,32+,35-,41-/m1/s1. The molecule has 0 unspecified atom stereocenters. The van der Waals surface area contributed by atoms with E-state index < -0.39 is 73.5 Å². The molecule has 0 radical (unpaired) electrons. The minimum Gasteiger partial charge on any atom is -0.446 e. The van der Waals surface area contributed by atoms with Gasteiger partial charge in [-0.1, -0.05) is 75.4 Å². The molecule has 4 amide bonds. The molecule has 3 N–H and O–H groups in total. The normalized spacial score (nSPS) is 24.6. The lowest BCUT2D eigenvalue weighted by Gasteiger charge is -2.36. The van der Waals surface area contributed by atoms with E-state index in [9.17, 15) is 32.0 Å². The zero-order chi connectivity index (χ0) is 39.3. The number of hydrogen-bond acceptors (Lipinski definition) is 8. The molecule has 7 rings (SSSR count). The number of halogens is 1. The van der Waals surface area contributed by atoms with Crippen LogP contribution in [0, 0.1) is 17.2 Å². The highest BCUT2D eigenvalue weighted by Gasteiger charge is 2.61. The fourth-order valence-electron chi connectivity index (χ4n) is 8.48. The van der Waals surface area contributed by atoms with Crippen LogP contribution in [0.3, 0.4) is 0 Å². The molecule has 0 spiro atoms. The number of benzene rings is 3. The van der Waals surface area contributed by atoms with Crippen LogP contribution in [0.1, 0.15) is 70.4 Å². The molecule has 292 valence electrons. The molecule has 0 aromatic heterocycles. The molecule has 2 saturated carbocycles. The first kappa shape index (κ1) is 38.5. The summed E-state index contributed by atoms with van der Waals surface area (Å²) >= 11 is 0. The number of carbonyl (C=O) groups excluding carboxylic acids is 4. The van der Waals surface area contributed by atoms with E-state index >= 15 is 0 Å². The van der Waals surface area contributed by atoms with Crippen molar-refractivity contribution in [3.8, 4) is 0 Å². The number of alkyl carbamates (subject to hydrolysis) is 1. The van der Waals surface area contributed by atoms with E-state index in [0.717, 1.165) is 54.3 Å². The van der Waals surface area contributed by atoms with Gasteiger partial charge in [0.25, 0.3) is 15.9 Å². The van der Waals surface area contributed by atoms with Gasteiger partial charge in [0.05, 0.1) is 0 Å². The number of carbonyl (C=O) groups is 4. The summed E-state index contributed by atoms with van der Waals surface area (Å²) in [7, 11) is -4.64. The minimum absolute atomic E-state index is 0.0526. The summed E-state index contributed by atoms with van der Waals surface area (Å²) < 4.78 is 48.4. The number of amides is 4. The molecule has 2 aliphatic heterocycles. The van der Waals surface area contributed by atoms with Crippen molar-refractivity contribution in [2.24, 2.45) is 11.3 Å². The van der Waals surface area contributed by atoms with E-state index in [4.69, 9.17) is 4.74 Å². The Morgan fingerprint density at radius 3 is 2.24 bits per heavy atom. The SMILES string of the molecule is C=C[C@@H]1C[C@]1(NC(=O)[C@@H]1C[C@@H](N2Cc3cccc4cccc(c34)C2)CN1C(=O)[C@@H](NC(=O)OC1CCCC1)C(C)(C)C)C(=O)NS(=O)(=O)c1ccccc1F. The average molecular weight is 774 g/mol. The monoisotopic (exact) mass is 773 g/mol. The van der Waals surface area contributed by atoms with Gasteiger partial charge in [0.1, 0.15) is 34.4 Å². The Hall–Kier alpha value is -4.82.